The molecule has 0 aliphatic rings. The minimum Gasteiger partial charge on any atom is -0.462 e. The van der Waals surface area contributed by atoms with Crippen LogP contribution in [0.2, 0.25) is 0 Å². The lowest BCUT2D eigenvalue weighted by Crippen LogP contribution is -2.30. The lowest BCUT2D eigenvalue weighted by Gasteiger charge is -2.18. The van der Waals surface area contributed by atoms with Gasteiger partial charge >= 0.3 is 17.9 Å². The summed E-state index contributed by atoms with van der Waals surface area (Å²) in [6, 6.07) is 0. The minimum absolute atomic E-state index is 0.101. The summed E-state index contributed by atoms with van der Waals surface area (Å²) in [5.74, 6) is -0.969. The van der Waals surface area contributed by atoms with Crippen LogP contribution in [0.3, 0.4) is 0 Å². The molecule has 61 heavy (non-hydrogen) atoms. The molecule has 0 rings (SSSR count). The molecule has 0 heterocycles. The highest BCUT2D eigenvalue weighted by atomic mass is 16.6. The molecule has 1 atom stereocenters. The number of carbonyl (C=O) groups is 3. The lowest BCUT2D eigenvalue weighted by atomic mass is 10.1. The first-order valence-corrected chi connectivity index (χ1v) is 24.5. The van der Waals surface area contributed by atoms with Crippen LogP contribution in [0.1, 0.15) is 201 Å². The molecule has 344 valence electrons. The first kappa shape index (κ1) is 57.1. The predicted molar refractivity (Wildman–Crippen MR) is 260 cm³/mol. The van der Waals surface area contributed by atoms with Crippen LogP contribution >= 0.6 is 0 Å². The third-order valence-corrected chi connectivity index (χ3v) is 9.87. The maximum absolute atomic E-state index is 12.8. The second-order valence-electron chi connectivity index (χ2n) is 15.8. The van der Waals surface area contributed by atoms with E-state index in [9.17, 15) is 14.4 Å². The van der Waals surface area contributed by atoms with Crippen molar-refractivity contribution in [2.45, 2.75) is 207 Å². The second kappa shape index (κ2) is 48.7. The molecule has 0 saturated carbocycles. The Morgan fingerprint density at radius 3 is 1.23 bits per heavy atom. The molecule has 0 radical (unpaired) electrons. The van der Waals surface area contributed by atoms with Crippen molar-refractivity contribution in [1.29, 1.82) is 0 Å². The summed E-state index contributed by atoms with van der Waals surface area (Å²) >= 11 is 0. The Morgan fingerprint density at radius 2 is 0.738 bits per heavy atom. The van der Waals surface area contributed by atoms with Gasteiger partial charge in [-0.25, -0.2) is 0 Å². The number of hydrogen-bond donors (Lipinski definition) is 0. The van der Waals surface area contributed by atoms with Gasteiger partial charge in [-0.3, -0.25) is 14.4 Å². The predicted octanol–water partition coefficient (Wildman–Crippen LogP) is 16.0. The number of allylic oxidation sites excluding steroid dienone is 18. The fourth-order valence-corrected chi connectivity index (χ4v) is 6.23. The number of rotatable bonds is 42. The highest BCUT2D eigenvalue weighted by Crippen LogP contribution is 2.13. The van der Waals surface area contributed by atoms with Crippen molar-refractivity contribution in [2.75, 3.05) is 13.2 Å². The molecule has 0 amide bonds. The molecule has 6 nitrogen and oxygen atoms in total. The molecule has 0 aliphatic heterocycles. The van der Waals surface area contributed by atoms with E-state index >= 15 is 0 Å². The van der Waals surface area contributed by atoms with Crippen molar-refractivity contribution in [3.05, 3.63) is 109 Å². The van der Waals surface area contributed by atoms with Gasteiger partial charge in [-0.1, -0.05) is 214 Å². The summed E-state index contributed by atoms with van der Waals surface area (Å²) in [6.45, 7) is 6.34. The molecule has 0 saturated heterocycles. The van der Waals surface area contributed by atoms with Crippen LogP contribution < -0.4 is 0 Å². The average molecular weight is 845 g/mol. The Balaban J connectivity index is 4.48. The van der Waals surface area contributed by atoms with E-state index < -0.39 is 6.10 Å². The van der Waals surface area contributed by atoms with E-state index in [0.29, 0.717) is 12.8 Å². The van der Waals surface area contributed by atoms with Crippen LogP contribution in [0, 0.1) is 0 Å². The summed E-state index contributed by atoms with van der Waals surface area (Å²) < 4.78 is 16.7. The van der Waals surface area contributed by atoms with Gasteiger partial charge in [0.05, 0.1) is 0 Å². The maximum Gasteiger partial charge on any atom is 0.306 e. The van der Waals surface area contributed by atoms with E-state index in [2.05, 4.69) is 93.7 Å². The van der Waals surface area contributed by atoms with E-state index in [1.54, 1.807) is 0 Å². The molecule has 1 unspecified atom stereocenters. The molecule has 0 spiro atoms. The molecule has 0 aromatic rings. The quantitative estimate of drug-likeness (QED) is 0.0200. The van der Waals surface area contributed by atoms with E-state index in [0.717, 1.165) is 116 Å². The summed E-state index contributed by atoms with van der Waals surface area (Å²) in [5, 5.41) is 0. The van der Waals surface area contributed by atoms with Gasteiger partial charge in [-0.2, -0.15) is 0 Å². The third-order valence-electron chi connectivity index (χ3n) is 9.87. The van der Waals surface area contributed by atoms with Crippen molar-refractivity contribution >= 4 is 17.9 Å². The highest BCUT2D eigenvalue weighted by Gasteiger charge is 2.19. The van der Waals surface area contributed by atoms with Gasteiger partial charge in [0.2, 0.25) is 0 Å². The molecule has 0 aliphatic carbocycles. The van der Waals surface area contributed by atoms with Crippen molar-refractivity contribution < 1.29 is 28.6 Å². The fourth-order valence-electron chi connectivity index (χ4n) is 6.23. The van der Waals surface area contributed by atoms with Crippen LogP contribution in [0.15, 0.2) is 109 Å². The zero-order valence-corrected chi connectivity index (χ0v) is 39.1. The Labute approximate surface area is 374 Å². The molecule has 6 heteroatoms. The van der Waals surface area contributed by atoms with Crippen LogP contribution in [-0.4, -0.2) is 37.2 Å². The van der Waals surface area contributed by atoms with E-state index in [1.807, 2.05) is 36.5 Å². The number of carbonyl (C=O) groups excluding carboxylic acids is 3. The number of unbranched alkanes of at least 4 members (excludes halogenated alkanes) is 17. The van der Waals surface area contributed by atoms with Gasteiger partial charge in [0.15, 0.2) is 6.10 Å². The second-order valence-corrected chi connectivity index (χ2v) is 15.8. The molecule has 0 bridgehead atoms. The highest BCUT2D eigenvalue weighted by molar-refractivity contribution is 5.71. The van der Waals surface area contributed by atoms with Gasteiger partial charge in [0, 0.05) is 19.3 Å². The number of esters is 3. The molecule has 0 aromatic heterocycles. The summed E-state index contributed by atoms with van der Waals surface area (Å²) in [5.41, 5.74) is 0. The molecule has 0 N–H and O–H groups in total. The Kier molecular flexibility index (Phi) is 45.6. The van der Waals surface area contributed by atoms with Crippen molar-refractivity contribution in [3.8, 4) is 0 Å². The maximum atomic E-state index is 12.8. The number of hydrogen-bond acceptors (Lipinski definition) is 6. The Morgan fingerprint density at radius 1 is 0.361 bits per heavy atom. The topological polar surface area (TPSA) is 78.9 Å². The summed E-state index contributed by atoms with van der Waals surface area (Å²) in [6.07, 6.45) is 64.9. The SMILES string of the molecule is CC/C=C\C/C=C\C/C=C\C/C=C\CCCCCC(=O)OC(COC(=O)CCCCCCC\C=C/C=C\C=C/C=C\C=C/CCC)COC(=O)CCCCCCCCCCC. The van der Waals surface area contributed by atoms with E-state index in [-0.39, 0.29) is 37.5 Å². The van der Waals surface area contributed by atoms with Crippen LogP contribution in [0.4, 0.5) is 0 Å². The first-order chi connectivity index (χ1) is 30.0. The smallest absolute Gasteiger partial charge is 0.306 e. The van der Waals surface area contributed by atoms with Crippen molar-refractivity contribution in [3.63, 3.8) is 0 Å². The lowest BCUT2D eigenvalue weighted by molar-refractivity contribution is -0.167. The molecular formula is C55H88O6. The van der Waals surface area contributed by atoms with Gasteiger partial charge < -0.3 is 14.2 Å². The summed E-state index contributed by atoms with van der Waals surface area (Å²) in [4.78, 5) is 37.8. The van der Waals surface area contributed by atoms with Gasteiger partial charge in [-0.05, 0) is 77.0 Å². The minimum atomic E-state index is -0.804. The Bertz CT molecular complexity index is 1290. The number of ether oxygens (including phenoxy) is 3. The van der Waals surface area contributed by atoms with Crippen molar-refractivity contribution in [1.82, 2.24) is 0 Å². The first-order valence-electron chi connectivity index (χ1n) is 24.5. The van der Waals surface area contributed by atoms with Crippen LogP contribution in [-0.2, 0) is 28.6 Å². The normalized spacial score (nSPS) is 13.0. The average Bonchev–Trinajstić information content (AvgIpc) is 3.26. The molecule has 0 aromatic carbocycles. The van der Waals surface area contributed by atoms with Crippen LogP contribution in [0.5, 0.6) is 0 Å². The monoisotopic (exact) mass is 845 g/mol. The zero-order chi connectivity index (χ0) is 44.4. The Hall–Kier alpha value is -3.93. The third kappa shape index (κ3) is 47.0. The van der Waals surface area contributed by atoms with Crippen LogP contribution in [0.25, 0.3) is 0 Å². The zero-order valence-electron chi connectivity index (χ0n) is 39.1. The largest absolute Gasteiger partial charge is 0.462 e. The van der Waals surface area contributed by atoms with Gasteiger partial charge in [-0.15, -0.1) is 0 Å². The fraction of sp³-hybridized carbons (Fsp3) is 0.618. The molecular weight excluding hydrogens is 757 g/mol. The van der Waals surface area contributed by atoms with E-state index in [4.69, 9.17) is 14.2 Å². The van der Waals surface area contributed by atoms with Gasteiger partial charge in [0.25, 0.3) is 0 Å². The van der Waals surface area contributed by atoms with E-state index in [1.165, 1.54) is 44.9 Å². The standard InChI is InChI=1S/C55H88O6/c1-4-7-10-13-16-19-21-23-25-27-28-30-31-33-36-39-42-45-48-54(57)60-51-52(50-59-53(56)47-44-41-38-35-18-15-12-9-6-3)61-55(58)49-46-43-40-37-34-32-29-26-24-22-20-17-14-11-8-5-2/h8,10-11,13,16-17,19-21,23-28,30,32,34,52H,4-7,9,12,14-15,18,22,29,31,33,35-51H2,1-3H3/b11-8-,13-10-,19-16-,20-17-,23-21-,26-24-,27-25-,30-28-,34-32-. The van der Waals surface area contributed by atoms with Crippen molar-refractivity contribution in [2.24, 2.45) is 0 Å². The molecule has 0 fully saturated rings. The van der Waals surface area contributed by atoms with Gasteiger partial charge in [0.1, 0.15) is 13.2 Å². The summed E-state index contributed by atoms with van der Waals surface area (Å²) in [7, 11) is 0.